The van der Waals surface area contributed by atoms with E-state index in [0.717, 1.165) is 10.9 Å². The molecule has 0 radical (unpaired) electrons. The average Bonchev–Trinajstić information content (AvgIpc) is 2.51. The number of fused-ring (bicyclic) bond motifs is 1. The average molecular weight is 192 g/mol. The number of nitrogens with zero attached hydrogens (tertiary/aromatic N) is 1. The first-order chi connectivity index (χ1) is 6.72. The number of benzene rings is 1. The highest BCUT2D eigenvalue weighted by Gasteiger charge is 2.05. The third kappa shape index (κ3) is 1.25. The summed E-state index contributed by atoms with van der Waals surface area (Å²) in [7, 11) is 0. The minimum Gasteiger partial charge on any atom is -0.506 e. The van der Waals surface area contributed by atoms with Crippen LogP contribution in [0.15, 0.2) is 24.4 Å². The Kier molecular flexibility index (Phi) is 1.96. The van der Waals surface area contributed by atoms with Gasteiger partial charge in [-0.05, 0) is 25.1 Å². The van der Waals surface area contributed by atoms with Crippen LogP contribution in [0, 0.1) is 0 Å². The number of aromatic nitrogens is 1. The van der Waals surface area contributed by atoms with Gasteiger partial charge in [-0.3, -0.25) is 0 Å². The molecule has 4 heteroatoms. The van der Waals surface area contributed by atoms with E-state index in [1.807, 2.05) is 13.0 Å². The maximum Gasteiger partial charge on any atom is 0.139 e. The van der Waals surface area contributed by atoms with E-state index in [4.69, 9.17) is 10.6 Å². The van der Waals surface area contributed by atoms with Gasteiger partial charge in [0.05, 0.1) is 11.2 Å². The second kappa shape index (κ2) is 3.14. The summed E-state index contributed by atoms with van der Waals surface area (Å²) in [5.41, 5.74) is 6.81. The number of rotatable bonds is 2. The predicted octanol–water partition coefficient (Wildman–Crippen LogP) is 1.38. The Hall–Kier alpha value is -1.84. The lowest BCUT2D eigenvalue weighted by Crippen LogP contribution is -2.08. The topological polar surface area (TPSA) is 60.4 Å². The van der Waals surface area contributed by atoms with Crippen molar-refractivity contribution in [2.75, 3.05) is 12.3 Å². The number of aromatic hydroxyl groups is 1. The first-order valence-electron chi connectivity index (χ1n) is 4.45. The first-order valence-corrected chi connectivity index (χ1v) is 4.45. The summed E-state index contributed by atoms with van der Waals surface area (Å²) in [6.07, 6.45) is 1.80. The summed E-state index contributed by atoms with van der Waals surface area (Å²) >= 11 is 0. The van der Waals surface area contributed by atoms with Crippen molar-refractivity contribution in [1.29, 1.82) is 0 Å². The standard InChI is InChI=1S/C10H12N2O2/c1-2-14-12-4-3-7-5-10(13)8(11)6-9(7)12/h3-6,13H,2,11H2,1H3. The maximum atomic E-state index is 9.38. The minimum absolute atomic E-state index is 0.103. The van der Waals surface area contributed by atoms with Gasteiger partial charge < -0.3 is 15.7 Å². The van der Waals surface area contributed by atoms with Gasteiger partial charge in [-0.25, -0.2) is 0 Å². The number of nitrogens with two attached hydrogens (primary N) is 1. The second-order valence-electron chi connectivity index (χ2n) is 3.03. The summed E-state index contributed by atoms with van der Waals surface area (Å²) in [5.74, 6) is 0.103. The zero-order chi connectivity index (χ0) is 10.1. The summed E-state index contributed by atoms with van der Waals surface area (Å²) < 4.78 is 1.64. The lowest BCUT2D eigenvalue weighted by Gasteiger charge is -2.06. The van der Waals surface area contributed by atoms with Crippen molar-refractivity contribution >= 4 is 16.6 Å². The maximum absolute atomic E-state index is 9.38. The molecule has 2 aromatic rings. The van der Waals surface area contributed by atoms with Crippen LogP contribution in [-0.2, 0) is 0 Å². The fraction of sp³-hybridized carbons (Fsp3) is 0.200. The van der Waals surface area contributed by atoms with Crippen LogP contribution in [0.5, 0.6) is 5.75 Å². The SMILES string of the molecule is CCOn1ccc2cc(O)c(N)cc21. The number of phenolic OH excluding ortho intramolecular Hbond substituents is 1. The van der Waals surface area contributed by atoms with Crippen LogP contribution >= 0.6 is 0 Å². The van der Waals surface area contributed by atoms with Crippen molar-refractivity contribution in [3.63, 3.8) is 0 Å². The number of phenols is 1. The summed E-state index contributed by atoms with van der Waals surface area (Å²) in [6.45, 7) is 2.50. The van der Waals surface area contributed by atoms with Crippen molar-refractivity contribution < 1.29 is 9.94 Å². The van der Waals surface area contributed by atoms with Crippen molar-refractivity contribution in [3.05, 3.63) is 24.4 Å². The molecular formula is C10H12N2O2. The van der Waals surface area contributed by atoms with Gasteiger partial charge in [0, 0.05) is 11.6 Å². The van der Waals surface area contributed by atoms with Gasteiger partial charge in [0.2, 0.25) is 0 Å². The Morgan fingerprint density at radius 1 is 1.50 bits per heavy atom. The normalized spacial score (nSPS) is 10.6. The molecule has 0 aliphatic carbocycles. The fourth-order valence-corrected chi connectivity index (χ4v) is 1.41. The van der Waals surface area contributed by atoms with Gasteiger partial charge in [-0.2, -0.15) is 4.73 Å². The molecule has 1 aromatic heterocycles. The number of anilines is 1. The Morgan fingerprint density at radius 2 is 2.29 bits per heavy atom. The van der Waals surface area contributed by atoms with E-state index >= 15 is 0 Å². The van der Waals surface area contributed by atoms with Crippen molar-refractivity contribution in [1.82, 2.24) is 4.73 Å². The van der Waals surface area contributed by atoms with Gasteiger partial charge >= 0.3 is 0 Å². The van der Waals surface area contributed by atoms with Crippen molar-refractivity contribution in [3.8, 4) is 5.75 Å². The van der Waals surface area contributed by atoms with E-state index in [0.29, 0.717) is 12.3 Å². The molecule has 1 aromatic carbocycles. The molecule has 0 atom stereocenters. The molecule has 1 heterocycles. The van der Waals surface area contributed by atoms with Crippen molar-refractivity contribution in [2.45, 2.75) is 6.92 Å². The van der Waals surface area contributed by atoms with Crippen LogP contribution in [0.1, 0.15) is 6.92 Å². The Labute approximate surface area is 81.5 Å². The molecule has 2 rings (SSSR count). The van der Waals surface area contributed by atoms with Gasteiger partial charge in [-0.15, -0.1) is 0 Å². The lowest BCUT2D eigenvalue weighted by molar-refractivity contribution is 0.132. The molecule has 0 bridgehead atoms. The smallest absolute Gasteiger partial charge is 0.139 e. The molecule has 0 saturated carbocycles. The number of hydrogen-bond acceptors (Lipinski definition) is 3. The quantitative estimate of drug-likeness (QED) is 0.558. The monoisotopic (exact) mass is 192 g/mol. The third-order valence-electron chi connectivity index (χ3n) is 2.07. The highest BCUT2D eigenvalue weighted by Crippen LogP contribution is 2.26. The van der Waals surface area contributed by atoms with Gasteiger partial charge in [-0.1, -0.05) is 0 Å². The van der Waals surface area contributed by atoms with Gasteiger partial charge in [0.1, 0.15) is 12.4 Å². The van der Waals surface area contributed by atoms with Crippen LogP contribution in [0.3, 0.4) is 0 Å². The van der Waals surface area contributed by atoms with Crippen LogP contribution in [-0.4, -0.2) is 16.4 Å². The molecule has 0 saturated heterocycles. The molecule has 74 valence electrons. The van der Waals surface area contributed by atoms with Crippen LogP contribution in [0.25, 0.3) is 10.9 Å². The highest BCUT2D eigenvalue weighted by atomic mass is 16.7. The largest absolute Gasteiger partial charge is 0.506 e. The second-order valence-corrected chi connectivity index (χ2v) is 3.03. The zero-order valence-corrected chi connectivity index (χ0v) is 7.90. The molecule has 0 fully saturated rings. The third-order valence-corrected chi connectivity index (χ3v) is 2.07. The molecule has 14 heavy (non-hydrogen) atoms. The van der Waals surface area contributed by atoms with E-state index < -0.39 is 0 Å². The van der Waals surface area contributed by atoms with Crippen LogP contribution in [0.4, 0.5) is 5.69 Å². The summed E-state index contributed by atoms with van der Waals surface area (Å²) in [6, 6.07) is 5.19. The molecule has 0 unspecified atom stereocenters. The Bertz CT molecular complexity index is 462. The minimum atomic E-state index is 0.103. The molecule has 0 amide bonds. The molecule has 3 N–H and O–H groups in total. The number of hydrogen-bond donors (Lipinski definition) is 2. The summed E-state index contributed by atoms with van der Waals surface area (Å²) in [4.78, 5) is 5.33. The van der Waals surface area contributed by atoms with E-state index in [-0.39, 0.29) is 5.75 Å². The fourth-order valence-electron chi connectivity index (χ4n) is 1.41. The van der Waals surface area contributed by atoms with Crippen LogP contribution < -0.4 is 10.6 Å². The van der Waals surface area contributed by atoms with E-state index in [1.54, 1.807) is 23.1 Å². The predicted molar refractivity (Wildman–Crippen MR) is 55.1 cm³/mol. The first kappa shape index (κ1) is 8.74. The molecule has 0 spiro atoms. The molecule has 0 aliphatic rings. The van der Waals surface area contributed by atoms with E-state index in [2.05, 4.69) is 0 Å². The molecular weight excluding hydrogens is 180 g/mol. The Morgan fingerprint density at radius 3 is 3.00 bits per heavy atom. The van der Waals surface area contributed by atoms with E-state index in [1.165, 1.54) is 0 Å². The zero-order valence-electron chi connectivity index (χ0n) is 7.90. The molecule has 4 nitrogen and oxygen atoms in total. The van der Waals surface area contributed by atoms with E-state index in [9.17, 15) is 5.11 Å². The van der Waals surface area contributed by atoms with Gasteiger partial charge in [0.25, 0.3) is 0 Å². The summed E-state index contributed by atoms with van der Waals surface area (Å²) in [5, 5.41) is 10.3. The lowest BCUT2D eigenvalue weighted by atomic mass is 10.2. The Balaban J connectivity index is 2.61. The van der Waals surface area contributed by atoms with Crippen molar-refractivity contribution in [2.24, 2.45) is 0 Å². The van der Waals surface area contributed by atoms with Crippen LogP contribution in [0.2, 0.25) is 0 Å². The highest BCUT2D eigenvalue weighted by molar-refractivity contribution is 5.85. The van der Waals surface area contributed by atoms with Gasteiger partial charge in [0.15, 0.2) is 0 Å². The molecule has 0 aliphatic heterocycles. The number of nitrogen functional groups attached to an aromatic ring is 1.